The van der Waals surface area contributed by atoms with Gasteiger partial charge in [-0.25, -0.2) is 4.98 Å². The van der Waals surface area contributed by atoms with Crippen molar-refractivity contribution >= 4 is 52.6 Å². The summed E-state index contributed by atoms with van der Waals surface area (Å²) in [6, 6.07) is 16.4. The van der Waals surface area contributed by atoms with Crippen molar-refractivity contribution in [3.8, 4) is 17.0 Å². The summed E-state index contributed by atoms with van der Waals surface area (Å²) in [5.41, 5.74) is 4.31. The summed E-state index contributed by atoms with van der Waals surface area (Å²) in [6.45, 7) is 4.09. The van der Waals surface area contributed by atoms with Gasteiger partial charge in [-0.1, -0.05) is 30.3 Å². The Morgan fingerprint density at radius 1 is 1.00 bits per heavy atom. The van der Waals surface area contributed by atoms with E-state index < -0.39 is 0 Å². The van der Waals surface area contributed by atoms with E-state index in [0.29, 0.717) is 18.4 Å². The van der Waals surface area contributed by atoms with E-state index in [0.717, 1.165) is 46.4 Å². The molecule has 150 valence electrons. The van der Waals surface area contributed by atoms with Crippen LogP contribution in [-0.2, 0) is 6.61 Å². The molecule has 2 aromatic carbocycles. The van der Waals surface area contributed by atoms with Gasteiger partial charge in [-0.15, -0.1) is 46.9 Å². The molecular weight excluding hydrogens is 435 g/mol. The van der Waals surface area contributed by atoms with Crippen LogP contribution in [0.25, 0.3) is 11.3 Å². The first-order valence-electron chi connectivity index (χ1n) is 8.81. The molecule has 0 radical (unpaired) electrons. The SMILES string of the molecule is Cc1ccccc1OCc1nc(-c2ccc(N(CCCl)CCCl)cc2)cs1.Cl. The number of para-hydroxylation sites is 1. The largest absolute Gasteiger partial charge is 0.486 e. The third-order valence-corrected chi connectivity index (χ3v) is 5.39. The van der Waals surface area contributed by atoms with E-state index >= 15 is 0 Å². The smallest absolute Gasteiger partial charge is 0.140 e. The zero-order chi connectivity index (χ0) is 19.1. The van der Waals surface area contributed by atoms with Crippen LogP contribution in [0.1, 0.15) is 10.6 Å². The fourth-order valence-corrected chi connectivity index (χ4v) is 3.91. The maximum Gasteiger partial charge on any atom is 0.140 e. The van der Waals surface area contributed by atoms with E-state index in [1.54, 1.807) is 11.3 Å². The van der Waals surface area contributed by atoms with Gasteiger partial charge in [0, 0.05) is 41.5 Å². The summed E-state index contributed by atoms with van der Waals surface area (Å²) in [4.78, 5) is 6.90. The van der Waals surface area contributed by atoms with E-state index in [9.17, 15) is 0 Å². The van der Waals surface area contributed by atoms with Crippen LogP contribution in [0.5, 0.6) is 5.75 Å². The quantitative estimate of drug-likeness (QED) is 0.347. The van der Waals surface area contributed by atoms with Crippen LogP contribution in [0, 0.1) is 6.92 Å². The van der Waals surface area contributed by atoms with Crippen LogP contribution in [0.3, 0.4) is 0 Å². The summed E-state index contributed by atoms with van der Waals surface area (Å²) in [5, 5.41) is 3.03. The lowest BCUT2D eigenvalue weighted by molar-refractivity contribution is 0.303. The summed E-state index contributed by atoms with van der Waals surface area (Å²) < 4.78 is 5.89. The fourth-order valence-electron chi connectivity index (χ4n) is 2.78. The molecular formula is C21H23Cl3N2OS. The minimum Gasteiger partial charge on any atom is -0.486 e. The highest BCUT2D eigenvalue weighted by molar-refractivity contribution is 7.09. The van der Waals surface area contributed by atoms with Crippen LogP contribution >= 0.6 is 46.9 Å². The number of halogens is 3. The molecule has 1 aromatic heterocycles. The number of nitrogens with zero attached hydrogens (tertiary/aromatic N) is 2. The molecule has 28 heavy (non-hydrogen) atoms. The molecule has 0 aliphatic rings. The Kier molecular flexibility index (Phi) is 9.39. The number of hydrogen-bond donors (Lipinski definition) is 0. The topological polar surface area (TPSA) is 25.4 Å². The highest BCUT2D eigenvalue weighted by atomic mass is 35.5. The number of aryl methyl sites for hydroxylation is 1. The van der Waals surface area contributed by atoms with Crippen LogP contribution in [0.2, 0.25) is 0 Å². The van der Waals surface area contributed by atoms with Gasteiger partial charge in [0.2, 0.25) is 0 Å². The third kappa shape index (κ3) is 6.02. The molecule has 0 fully saturated rings. The second kappa shape index (κ2) is 11.5. The number of ether oxygens (including phenoxy) is 1. The molecule has 1 heterocycles. The Morgan fingerprint density at radius 3 is 2.32 bits per heavy atom. The third-order valence-electron chi connectivity index (χ3n) is 4.23. The van der Waals surface area contributed by atoms with E-state index in [1.807, 2.05) is 31.2 Å². The standard InChI is InChI=1S/C21H22Cl2N2OS.ClH/c1-16-4-2-3-5-20(16)26-14-21-24-19(15-27-21)17-6-8-18(9-7-17)25(12-10-22)13-11-23;/h2-9,15H,10-14H2,1H3;1H. The highest BCUT2D eigenvalue weighted by Gasteiger charge is 2.09. The number of anilines is 1. The molecule has 0 atom stereocenters. The lowest BCUT2D eigenvalue weighted by Gasteiger charge is -2.22. The summed E-state index contributed by atoms with van der Waals surface area (Å²) in [5.74, 6) is 2.06. The molecule has 3 rings (SSSR count). The Morgan fingerprint density at radius 2 is 1.68 bits per heavy atom. The minimum absolute atomic E-state index is 0. The first-order valence-corrected chi connectivity index (χ1v) is 10.8. The number of thiazole rings is 1. The maximum absolute atomic E-state index is 5.89. The Balaban J connectivity index is 0.00000280. The zero-order valence-corrected chi connectivity index (χ0v) is 18.8. The van der Waals surface area contributed by atoms with Crippen molar-refractivity contribution in [1.82, 2.24) is 4.98 Å². The fraction of sp³-hybridized carbons (Fsp3) is 0.286. The summed E-state index contributed by atoms with van der Waals surface area (Å²) in [6.07, 6.45) is 0. The van der Waals surface area contributed by atoms with Crippen molar-refractivity contribution in [2.45, 2.75) is 13.5 Å². The number of benzene rings is 2. The number of hydrogen-bond acceptors (Lipinski definition) is 4. The van der Waals surface area contributed by atoms with Crippen LogP contribution in [-0.4, -0.2) is 29.8 Å². The van der Waals surface area contributed by atoms with Gasteiger partial charge in [-0.05, 0) is 30.7 Å². The molecule has 0 saturated carbocycles. The average Bonchev–Trinajstić information content (AvgIpc) is 3.16. The van der Waals surface area contributed by atoms with Gasteiger partial charge >= 0.3 is 0 Å². The monoisotopic (exact) mass is 456 g/mol. The second-order valence-corrected chi connectivity index (χ2v) is 7.79. The number of aromatic nitrogens is 1. The predicted molar refractivity (Wildman–Crippen MR) is 124 cm³/mol. The molecule has 0 spiro atoms. The Bertz CT molecular complexity index is 849. The van der Waals surface area contributed by atoms with Crippen LogP contribution < -0.4 is 9.64 Å². The normalized spacial score (nSPS) is 10.4. The first-order chi connectivity index (χ1) is 13.2. The molecule has 0 bridgehead atoms. The Hall–Kier alpha value is -1.46. The van der Waals surface area contributed by atoms with Gasteiger partial charge in [-0.2, -0.15) is 0 Å². The molecule has 3 aromatic rings. The maximum atomic E-state index is 5.89. The van der Waals surface area contributed by atoms with Crippen LogP contribution in [0.4, 0.5) is 5.69 Å². The van der Waals surface area contributed by atoms with Crippen molar-refractivity contribution in [3.05, 3.63) is 64.5 Å². The highest BCUT2D eigenvalue weighted by Crippen LogP contribution is 2.26. The molecule has 7 heteroatoms. The van der Waals surface area contributed by atoms with Gasteiger partial charge in [0.15, 0.2) is 0 Å². The lowest BCUT2D eigenvalue weighted by atomic mass is 10.1. The number of rotatable bonds is 9. The van der Waals surface area contributed by atoms with Crippen molar-refractivity contribution in [1.29, 1.82) is 0 Å². The van der Waals surface area contributed by atoms with Gasteiger partial charge in [0.1, 0.15) is 17.4 Å². The molecule has 0 amide bonds. The summed E-state index contributed by atoms with van der Waals surface area (Å²) in [7, 11) is 0. The summed E-state index contributed by atoms with van der Waals surface area (Å²) >= 11 is 13.4. The van der Waals surface area contributed by atoms with Crippen molar-refractivity contribution < 1.29 is 4.74 Å². The zero-order valence-electron chi connectivity index (χ0n) is 15.6. The predicted octanol–water partition coefficient (Wildman–Crippen LogP) is 6.40. The lowest BCUT2D eigenvalue weighted by Crippen LogP contribution is -2.27. The van der Waals surface area contributed by atoms with Crippen molar-refractivity contribution in [3.63, 3.8) is 0 Å². The van der Waals surface area contributed by atoms with Gasteiger partial charge in [0.05, 0.1) is 5.69 Å². The Labute approximate surface area is 186 Å². The van der Waals surface area contributed by atoms with Gasteiger partial charge in [0.25, 0.3) is 0 Å². The molecule has 0 aliphatic heterocycles. The van der Waals surface area contributed by atoms with Crippen LogP contribution in [0.15, 0.2) is 53.9 Å². The van der Waals surface area contributed by atoms with Gasteiger partial charge < -0.3 is 9.64 Å². The second-order valence-electron chi connectivity index (χ2n) is 6.09. The van der Waals surface area contributed by atoms with E-state index in [1.165, 1.54) is 0 Å². The molecule has 0 unspecified atom stereocenters. The van der Waals surface area contributed by atoms with Gasteiger partial charge in [-0.3, -0.25) is 0 Å². The van der Waals surface area contributed by atoms with Crippen molar-refractivity contribution in [2.75, 3.05) is 29.7 Å². The van der Waals surface area contributed by atoms with E-state index in [2.05, 4.69) is 34.5 Å². The molecule has 0 aliphatic carbocycles. The first kappa shape index (κ1) is 22.8. The molecule has 3 nitrogen and oxygen atoms in total. The van der Waals surface area contributed by atoms with Crippen molar-refractivity contribution in [2.24, 2.45) is 0 Å². The van der Waals surface area contributed by atoms with E-state index in [4.69, 9.17) is 32.9 Å². The molecule has 0 N–H and O–H groups in total. The average molecular weight is 458 g/mol. The van der Waals surface area contributed by atoms with E-state index in [-0.39, 0.29) is 12.4 Å². The number of alkyl halides is 2. The molecule has 0 saturated heterocycles. The minimum atomic E-state index is 0.